The molecule has 2 heterocycles. The summed E-state index contributed by atoms with van der Waals surface area (Å²) in [6, 6.07) is 13.2. The zero-order valence-corrected chi connectivity index (χ0v) is 16.9. The molecule has 150 valence electrons. The predicted octanol–water partition coefficient (Wildman–Crippen LogP) is 2.25. The molecule has 0 bridgehead atoms. The van der Waals surface area contributed by atoms with Gasteiger partial charge in [0, 0.05) is 31.2 Å². The van der Waals surface area contributed by atoms with Gasteiger partial charge in [-0.3, -0.25) is 4.79 Å². The number of carbonyl (C=O) groups excluding carboxylic acids is 1. The fourth-order valence-electron chi connectivity index (χ4n) is 3.36. The molecular formula is C20H22ClN7O. The van der Waals surface area contributed by atoms with Gasteiger partial charge in [-0.1, -0.05) is 23.7 Å². The lowest BCUT2D eigenvalue weighted by atomic mass is 10.1. The normalized spacial score (nSPS) is 14.8. The average Bonchev–Trinajstić information content (AvgIpc) is 3.24. The van der Waals surface area contributed by atoms with Crippen molar-refractivity contribution in [2.24, 2.45) is 0 Å². The van der Waals surface area contributed by atoms with Crippen molar-refractivity contribution in [1.29, 1.82) is 0 Å². The van der Waals surface area contributed by atoms with Gasteiger partial charge >= 0.3 is 0 Å². The number of benzene rings is 2. The molecule has 1 aromatic heterocycles. The standard InChI is InChI=1S/C20H22ClN7O/c1-26-8-10-27(11-9-26)19-7-4-16(21)13-18(19)23-20(29)12-15-2-5-17(6-3-15)28-14-22-24-25-28/h2-7,13-14H,8-12H2,1H3,(H,23,29). The topological polar surface area (TPSA) is 79.2 Å². The number of aromatic nitrogens is 4. The van der Waals surface area contributed by atoms with Crippen LogP contribution >= 0.6 is 11.6 Å². The second-order valence-corrected chi connectivity index (χ2v) is 7.53. The Labute approximate surface area is 174 Å². The van der Waals surface area contributed by atoms with E-state index in [1.54, 1.807) is 4.68 Å². The summed E-state index contributed by atoms with van der Waals surface area (Å²) >= 11 is 6.19. The first-order valence-electron chi connectivity index (χ1n) is 9.44. The van der Waals surface area contributed by atoms with Gasteiger partial charge in [0.25, 0.3) is 0 Å². The van der Waals surface area contributed by atoms with Crippen LogP contribution in [0.4, 0.5) is 11.4 Å². The van der Waals surface area contributed by atoms with Crippen molar-refractivity contribution < 1.29 is 4.79 Å². The van der Waals surface area contributed by atoms with E-state index in [1.807, 2.05) is 42.5 Å². The molecular weight excluding hydrogens is 390 g/mol. The SMILES string of the molecule is CN1CCN(c2ccc(Cl)cc2NC(=O)Cc2ccc(-n3cnnn3)cc2)CC1. The highest BCUT2D eigenvalue weighted by Gasteiger charge is 2.18. The molecule has 0 aliphatic carbocycles. The summed E-state index contributed by atoms with van der Waals surface area (Å²) < 4.78 is 1.57. The van der Waals surface area contributed by atoms with Crippen molar-refractivity contribution in [1.82, 2.24) is 25.1 Å². The minimum atomic E-state index is -0.0854. The molecule has 1 fully saturated rings. The van der Waals surface area contributed by atoms with Crippen molar-refractivity contribution in [3.05, 3.63) is 59.4 Å². The van der Waals surface area contributed by atoms with E-state index in [2.05, 4.69) is 37.7 Å². The molecule has 1 aliphatic heterocycles. The number of hydrogen-bond acceptors (Lipinski definition) is 6. The van der Waals surface area contributed by atoms with Crippen LogP contribution in [0.15, 0.2) is 48.8 Å². The second-order valence-electron chi connectivity index (χ2n) is 7.10. The Balaban J connectivity index is 1.45. The molecule has 1 aliphatic rings. The second kappa shape index (κ2) is 8.59. The fourth-order valence-corrected chi connectivity index (χ4v) is 3.53. The third-order valence-electron chi connectivity index (χ3n) is 4.99. The van der Waals surface area contributed by atoms with Gasteiger partial charge in [0.1, 0.15) is 6.33 Å². The summed E-state index contributed by atoms with van der Waals surface area (Å²) in [5.74, 6) is -0.0854. The van der Waals surface area contributed by atoms with E-state index in [0.29, 0.717) is 5.02 Å². The van der Waals surface area contributed by atoms with Crippen molar-refractivity contribution in [3.8, 4) is 5.69 Å². The minimum Gasteiger partial charge on any atom is -0.367 e. The summed E-state index contributed by atoms with van der Waals surface area (Å²) in [5.41, 5.74) is 3.50. The number of tetrazole rings is 1. The number of hydrogen-bond donors (Lipinski definition) is 1. The Hall–Kier alpha value is -2.97. The lowest BCUT2D eigenvalue weighted by Gasteiger charge is -2.35. The zero-order valence-electron chi connectivity index (χ0n) is 16.1. The maximum atomic E-state index is 12.7. The number of rotatable bonds is 5. The fraction of sp³-hybridized carbons (Fsp3) is 0.300. The van der Waals surface area contributed by atoms with E-state index in [-0.39, 0.29) is 12.3 Å². The van der Waals surface area contributed by atoms with Gasteiger partial charge in [-0.05, 0) is 53.4 Å². The van der Waals surface area contributed by atoms with Crippen molar-refractivity contribution in [3.63, 3.8) is 0 Å². The van der Waals surface area contributed by atoms with Crippen LogP contribution in [0.2, 0.25) is 5.02 Å². The molecule has 0 saturated carbocycles. The number of halogens is 1. The molecule has 1 N–H and O–H groups in total. The highest BCUT2D eigenvalue weighted by molar-refractivity contribution is 6.31. The summed E-state index contributed by atoms with van der Waals surface area (Å²) in [5, 5.41) is 14.7. The molecule has 0 atom stereocenters. The molecule has 4 rings (SSSR count). The van der Waals surface area contributed by atoms with Crippen LogP contribution in [0.25, 0.3) is 5.69 Å². The minimum absolute atomic E-state index is 0.0854. The number of carbonyl (C=O) groups is 1. The molecule has 8 nitrogen and oxygen atoms in total. The average molecular weight is 412 g/mol. The summed E-state index contributed by atoms with van der Waals surface area (Å²) in [4.78, 5) is 17.3. The van der Waals surface area contributed by atoms with E-state index < -0.39 is 0 Å². The Morgan fingerprint density at radius 2 is 1.86 bits per heavy atom. The van der Waals surface area contributed by atoms with Gasteiger partial charge in [-0.15, -0.1) is 5.10 Å². The van der Waals surface area contributed by atoms with E-state index >= 15 is 0 Å². The molecule has 0 unspecified atom stereocenters. The molecule has 29 heavy (non-hydrogen) atoms. The first-order valence-corrected chi connectivity index (χ1v) is 9.81. The number of nitrogens with one attached hydrogen (secondary N) is 1. The van der Waals surface area contributed by atoms with Gasteiger partial charge in [-0.2, -0.15) is 0 Å². The first-order chi connectivity index (χ1) is 14.1. The monoisotopic (exact) mass is 411 g/mol. The number of anilines is 2. The molecule has 1 saturated heterocycles. The largest absolute Gasteiger partial charge is 0.367 e. The van der Waals surface area contributed by atoms with Crippen LogP contribution in [-0.4, -0.2) is 64.2 Å². The third kappa shape index (κ3) is 4.72. The van der Waals surface area contributed by atoms with E-state index in [1.165, 1.54) is 6.33 Å². The lowest BCUT2D eigenvalue weighted by molar-refractivity contribution is -0.115. The molecule has 0 radical (unpaired) electrons. The van der Waals surface area contributed by atoms with Gasteiger partial charge in [0.15, 0.2) is 0 Å². The summed E-state index contributed by atoms with van der Waals surface area (Å²) in [7, 11) is 2.12. The van der Waals surface area contributed by atoms with Crippen LogP contribution in [0.1, 0.15) is 5.56 Å². The van der Waals surface area contributed by atoms with Crippen LogP contribution < -0.4 is 10.2 Å². The smallest absolute Gasteiger partial charge is 0.228 e. The maximum Gasteiger partial charge on any atom is 0.228 e. The van der Waals surface area contributed by atoms with Crippen molar-refractivity contribution >= 4 is 28.9 Å². The zero-order chi connectivity index (χ0) is 20.2. The number of nitrogens with zero attached hydrogens (tertiary/aromatic N) is 6. The molecule has 1 amide bonds. The Morgan fingerprint density at radius 1 is 1.10 bits per heavy atom. The van der Waals surface area contributed by atoms with Gasteiger partial charge < -0.3 is 15.1 Å². The van der Waals surface area contributed by atoms with Gasteiger partial charge in [0.05, 0.1) is 23.5 Å². The van der Waals surface area contributed by atoms with Crippen molar-refractivity contribution in [2.45, 2.75) is 6.42 Å². The Morgan fingerprint density at radius 3 is 2.55 bits per heavy atom. The number of amides is 1. The third-order valence-corrected chi connectivity index (χ3v) is 5.23. The maximum absolute atomic E-state index is 12.7. The van der Waals surface area contributed by atoms with E-state index in [4.69, 9.17) is 11.6 Å². The molecule has 3 aromatic rings. The highest BCUT2D eigenvalue weighted by Crippen LogP contribution is 2.30. The van der Waals surface area contributed by atoms with E-state index in [9.17, 15) is 4.79 Å². The Kier molecular flexibility index (Phi) is 5.73. The van der Waals surface area contributed by atoms with Crippen LogP contribution in [0, 0.1) is 0 Å². The molecule has 2 aromatic carbocycles. The van der Waals surface area contributed by atoms with Gasteiger partial charge in [0.2, 0.25) is 5.91 Å². The molecule has 9 heteroatoms. The van der Waals surface area contributed by atoms with Gasteiger partial charge in [-0.25, -0.2) is 4.68 Å². The summed E-state index contributed by atoms with van der Waals surface area (Å²) in [6.07, 6.45) is 1.80. The van der Waals surface area contributed by atoms with Crippen molar-refractivity contribution in [2.75, 3.05) is 43.4 Å². The number of piperazine rings is 1. The van der Waals surface area contributed by atoms with Crippen LogP contribution in [0.5, 0.6) is 0 Å². The first kappa shape index (κ1) is 19.4. The summed E-state index contributed by atoms with van der Waals surface area (Å²) in [6.45, 7) is 3.81. The Bertz CT molecular complexity index is 967. The lowest BCUT2D eigenvalue weighted by Crippen LogP contribution is -2.44. The predicted molar refractivity (Wildman–Crippen MR) is 113 cm³/mol. The van der Waals surface area contributed by atoms with E-state index in [0.717, 1.165) is 48.8 Å². The van der Waals surface area contributed by atoms with Crippen LogP contribution in [-0.2, 0) is 11.2 Å². The van der Waals surface area contributed by atoms with Crippen LogP contribution in [0.3, 0.4) is 0 Å². The highest BCUT2D eigenvalue weighted by atomic mass is 35.5. The number of likely N-dealkylation sites (N-methyl/N-ethyl adjacent to an activating group) is 1. The molecule has 0 spiro atoms. The quantitative estimate of drug-likeness (QED) is 0.693.